The average molecular weight is 301 g/mol. The van der Waals surface area contributed by atoms with Gasteiger partial charge >= 0.3 is 0 Å². The molecule has 0 aliphatic heterocycles. The normalized spacial score (nSPS) is 11.1. The highest BCUT2D eigenvalue weighted by Crippen LogP contribution is 2.29. The van der Waals surface area contributed by atoms with Crippen LogP contribution in [0.4, 0.5) is 5.82 Å². The van der Waals surface area contributed by atoms with Gasteiger partial charge in [0.1, 0.15) is 16.5 Å². The van der Waals surface area contributed by atoms with Gasteiger partial charge < -0.3 is 5.73 Å². The minimum absolute atomic E-state index is 0.583. The van der Waals surface area contributed by atoms with E-state index in [1.807, 2.05) is 6.07 Å². The Morgan fingerprint density at radius 2 is 2.05 bits per heavy atom. The van der Waals surface area contributed by atoms with Crippen molar-refractivity contribution in [3.8, 4) is 0 Å². The Morgan fingerprint density at radius 1 is 1.20 bits per heavy atom. The molecule has 0 aliphatic rings. The minimum atomic E-state index is 0.583. The molecule has 0 radical (unpaired) electrons. The third-order valence-electron chi connectivity index (χ3n) is 2.95. The Kier molecular flexibility index (Phi) is 3.63. The molecule has 5 heteroatoms. The maximum Gasteiger partial charge on any atom is 0.142 e. The van der Waals surface area contributed by atoms with Crippen molar-refractivity contribution < 1.29 is 0 Å². The first-order valence-electron chi connectivity index (χ1n) is 6.34. The third-order valence-corrected chi connectivity index (χ3v) is 4.88. The monoisotopic (exact) mass is 301 g/mol. The van der Waals surface area contributed by atoms with Gasteiger partial charge in [-0.25, -0.2) is 9.97 Å². The number of anilines is 1. The fourth-order valence-electron chi connectivity index (χ4n) is 2.03. The van der Waals surface area contributed by atoms with Gasteiger partial charge in [0.25, 0.3) is 0 Å². The molecule has 0 saturated carbocycles. The van der Waals surface area contributed by atoms with Crippen LogP contribution in [0.2, 0.25) is 0 Å². The number of fused-ring (bicyclic) bond motifs is 1. The smallest absolute Gasteiger partial charge is 0.142 e. The van der Waals surface area contributed by atoms with Gasteiger partial charge in [0, 0.05) is 9.77 Å². The molecule has 20 heavy (non-hydrogen) atoms. The molecule has 3 aromatic rings. The number of aromatic nitrogens is 2. The molecule has 0 spiro atoms. The number of benzene rings is 1. The molecule has 3 rings (SSSR count). The van der Waals surface area contributed by atoms with Gasteiger partial charge in [0.2, 0.25) is 0 Å². The first kappa shape index (κ1) is 13.4. The Morgan fingerprint density at radius 3 is 2.85 bits per heavy atom. The predicted molar refractivity (Wildman–Crippen MR) is 87.3 cm³/mol. The first-order chi connectivity index (χ1) is 9.61. The molecular weight excluding hydrogens is 286 g/mol. The number of nitrogens with two attached hydrogens (primary N) is 1. The predicted octanol–water partition coefficient (Wildman–Crippen LogP) is 4.18. The molecule has 0 amide bonds. The summed E-state index contributed by atoms with van der Waals surface area (Å²) in [6, 6.07) is 10.5. The summed E-state index contributed by atoms with van der Waals surface area (Å²) in [5, 5.41) is 0.969. The molecule has 0 fully saturated rings. The van der Waals surface area contributed by atoms with Gasteiger partial charge in [-0.05, 0) is 32.0 Å². The van der Waals surface area contributed by atoms with E-state index in [9.17, 15) is 0 Å². The zero-order valence-electron chi connectivity index (χ0n) is 11.4. The fraction of sp³-hybridized carbons (Fsp3) is 0.200. The van der Waals surface area contributed by atoms with Crippen molar-refractivity contribution in [2.75, 3.05) is 5.73 Å². The molecular formula is C15H15N3S2. The molecule has 2 N–H and O–H groups in total. The van der Waals surface area contributed by atoms with Crippen LogP contribution in [0.25, 0.3) is 10.2 Å². The fourth-order valence-corrected chi connectivity index (χ4v) is 3.80. The Balaban J connectivity index is 1.84. The van der Waals surface area contributed by atoms with Crippen molar-refractivity contribution in [1.82, 2.24) is 9.97 Å². The molecule has 0 aliphatic carbocycles. The second kappa shape index (κ2) is 5.42. The van der Waals surface area contributed by atoms with Crippen LogP contribution in [0.15, 0.2) is 35.2 Å². The zero-order chi connectivity index (χ0) is 14.1. The van der Waals surface area contributed by atoms with Crippen molar-refractivity contribution in [3.05, 3.63) is 46.6 Å². The van der Waals surface area contributed by atoms with E-state index in [2.05, 4.69) is 48.1 Å². The quantitative estimate of drug-likeness (QED) is 0.737. The van der Waals surface area contributed by atoms with E-state index < -0.39 is 0 Å². The summed E-state index contributed by atoms with van der Waals surface area (Å²) in [4.78, 5) is 12.4. The molecule has 0 bridgehead atoms. The van der Waals surface area contributed by atoms with Crippen LogP contribution in [-0.4, -0.2) is 9.97 Å². The summed E-state index contributed by atoms with van der Waals surface area (Å²) < 4.78 is 0. The number of hydrogen-bond donors (Lipinski definition) is 1. The van der Waals surface area contributed by atoms with Crippen LogP contribution in [0.5, 0.6) is 0 Å². The van der Waals surface area contributed by atoms with Gasteiger partial charge in [-0.15, -0.1) is 23.1 Å². The number of nitrogen functional groups attached to an aromatic ring is 1. The molecule has 0 saturated heterocycles. The second-order valence-electron chi connectivity index (χ2n) is 4.71. The number of thiophene rings is 1. The van der Waals surface area contributed by atoms with Crippen molar-refractivity contribution in [1.29, 1.82) is 0 Å². The van der Waals surface area contributed by atoms with E-state index in [1.165, 1.54) is 15.3 Å². The Hall–Kier alpha value is -1.59. The van der Waals surface area contributed by atoms with Gasteiger partial charge in [0.05, 0.1) is 11.1 Å². The highest BCUT2D eigenvalue weighted by Gasteiger charge is 2.08. The Labute approximate surface area is 126 Å². The van der Waals surface area contributed by atoms with Gasteiger partial charge in [-0.1, -0.05) is 17.7 Å². The minimum Gasteiger partial charge on any atom is -0.383 e. The standard InChI is InChI=1S/C15H15N3S2/c1-9-4-3-5-11(6-9)19-8-13-17-14(16)12-7-10(2)20-15(12)18-13/h3-7H,8H2,1-2H3,(H2,16,17,18). The van der Waals surface area contributed by atoms with Crippen LogP contribution in [0, 0.1) is 13.8 Å². The molecule has 1 aromatic carbocycles. The number of rotatable bonds is 3. The molecule has 0 unspecified atom stereocenters. The van der Waals surface area contributed by atoms with Gasteiger partial charge in [0.15, 0.2) is 0 Å². The van der Waals surface area contributed by atoms with Crippen molar-refractivity contribution in [2.45, 2.75) is 24.5 Å². The van der Waals surface area contributed by atoms with Gasteiger partial charge in [-0.3, -0.25) is 0 Å². The molecule has 3 nitrogen and oxygen atoms in total. The lowest BCUT2D eigenvalue weighted by Crippen LogP contribution is -1.98. The lowest BCUT2D eigenvalue weighted by Gasteiger charge is -2.03. The number of thioether (sulfide) groups is 1. The lowest BCUT2D eigenvalue weighted by molar-refractivity contribution is 1.08. The lowest BCUT2D eigenvalue weighted by atomic mass is 10.2. The maximum absolute atomic E-state index is 6.01. The molecule has 2 heterocycles. The zero-order valence-corrected chi connectivity index (χ0v) is 13.0. The summed E-state index contributed by atoms with van der Waals surface area (Å²) in [5.41, 5.74) is 7.27. The van der Waals surface area contributed by atoms with Crippen molar-refractivity contribution in [2.24, 2.45) is 0 Å². The summed E-state index contributed by atoms with van der Waals surface area (Å²) in [6.07, 6.45) is 0. The van der Waals surface area contributed by atoms with Crippen LogP contribution in [-0.2, 0) is 5.75 Å². The molecule has 102 valence electrons. The number of nitrogens with zero attached hydrogens (tertiary/aromatic N) is 2. The van der Waals surface area contributed by atoms with Crippen LogP contribution in [0.3, 0.4) is 0 Å². The number of hydrogen-bond acceptors (Lipinski definition) is 5. The van der Waals surface area contributed by atoms with E-state index in [0.29, 0.717) is 5.82 Å². The average Bonchev–Trinajstić information content (AvgIpc) is 2.78. The highest BCUT2D eigenvalue weighted by molar-refractivity contribution is 7.98. The highest BCUT2D eigenvalue weighted by atomic mass is 32.2. The second-order valence-corrected chi connectivity index (χ2v) is 6.99. The van der Waals surface area contributed by atoms with E-state index in [-0.39, 0.29) is 0 Å². The SMILES string of the molecule is Cc1cccc(SCc2nc(N)c3cc(C)sc3n2)c1. The summed E-state index contributed by atoms with van der Waals surface area (Å²) in [7, 11) is 0. The Bertz CT molecular complexity index is 765. The van der Waals surface area contributed by atoms with Gasteiger partial charge in [-0.2, -0.15) is 0 Å². The van der Waals surface area contributed by atoms with Crippen LogP contribution < -0.4 is 5.73 Å². The molecule has 2 aromatic heterocycles. The van der Waals surface area contributed by atoms with E-state index in [1.54, 1.807) is 23.1 Å². The summed E-state index contributed by atoms with van der Waals surface area (Å²) in [5.74, 6) is 2.11. The largest absolute Gasteiger partial charge is 0.383 e. The van der Waals surface area contributed by atoms with Crippen LogP contribution >= 0.6 is 23.1 Å². The third kappa shape index (κ3) is 2.78. The maximum atomic E-state index is 6.01. The number of aryl methyl sites for hydroxylation is 2. The summed E-state index contributed by atoms with van der Waals surface area (Å²) in [6.45, 7) is 4.16. The van der Waals surface area contributed by atoms with Crippen LogP contribution in [0.1, 0.15) is 16.3 Å². The van der Waals surface area contributed by atoms with E-state index in [0.717, 1.165) is 21.8 Å². The van der Waals surface area contributed by atoms with E-state index >= 15 is 0 Å². The molecule has 0 atom stereocenters. The van der Waals surface area contributed by atoms with Crippen molar-refractivity contribution >= 4 is 39.1 Å². The first-order valence-corrected chi connectivity index (χ1v) is 8.14. The van der Waals surface area contributed by atoms with E-state index in [4.69, 9.17) is 5.73 Å². The topological polar surface area (TPSA) is 51.8 Å². The summed E-state index contributed by atoms with van der Waals surface area (Å²) >= 11 is 3.40. The van der Waals surface area contributed by atoms with Crippen molar-refractivity contribution in [3.63, 3.8) is 0 Å².